The Morgan fingerprint density at radius 1 is 0.493 bits per heavy atom. The van der Waals surface area contributed by atoms with Crippen molar-refractivity contribution in [2.24, 2.45) is 0 Å². The van der Waals surface area contributed by atoms with Crippen molar-refractivity contribution in [2.45, 2.75) is 314 Å². The first-order chi connectivity index (χ1) is 36.7. The van der Waals surface area contributed by atoms with E-state index in [1.165, 1.54) is 161 Å². The molecule has 436 valence electrons. The molecule has 75 heavy (non-hydrogen) atoms. The summed E-state index contributed by atoms with van der Waals surface area (Å²) in [6, 6.07) is -0.832. The van der Waals surface area contributed by atoms with E-state index in [0.29, 0.717) is 19.4 Å². The molecule has 1 amide bonds. The van der Waals surface area contributed by atoms with Crippen molar-refractivity contribution in [2.75, 3.05) is 19.8 Å². The minimum Gasteiger partial charge on any atom is -0.466 e. The van der Waals surface area contributed by atoms with Crippen LogP contribution >= 0.6 is 0 Å². The van der Waals surface area contributed by atoms with E-state index in [-0.39, 0.29) is 18.5 Å². The van der Waals surface area contributed by atoms with Gasteiger partial charge in [-0.05, 0) is 96.3 Å². The molecule has 0 aromatic rings. The van der Waals surface area contributed by atoms with Crippen molar-refractivity contribution in [1.29, 1.82) is 0 Å². The number of esters is 1. The molecule has 1 aliphatic heterocycles. The third kappa shape index (κ3) is 43.0. The molecule has 0 saturated carbocycles. The Morgan fingerprint density at radius 2 is 0.920 bits per heavy atom. The topological polar surface area (TPSA) is 175 Å². The highest BCUT2D eigenvalue weighted by molar-refractivity contribution is 5.76. The number of aliphatic hydroxyl groups excluding tert-OH is 5. The summed E-state index contributed by atoms with van der Waals surface area (Å²) in [6.07, 6.45) is 59.0. The summed E-state index contributed by atoms with van der Waals surface area (Å²) in [5.41, 5.74) is 0. The Balaban J connectivity index is 2.05. The summed E-state index contributed by atoms with van der Waals surface area (Å²) in [5, 5.41) is 54.3. The van der Waals surface area contributed by atoms with E-state index in [2.05, 4.69) is 67.8 Å². The Kier molecular flexibility index (Phi) is 50.1. The van der Waals surface area contributed by atoms with Crippen LogP contribution in [0.3, 0.4) is 0 Å². The second kappa shape index (κ2) is 53.4. The SMILES string of the molecule is CCCC/C=C\CCCCCCCC(=O)OCCCCCCCCCCC/C=C\C/C=C\CCCCCCCCCCCC(=O)NC(COC1OC(CO)C(O)C(O)C1O)C(O)/C=C/CC/C=C/CCCCCCC. The average Bonchev–Trinajstić information content (AvgIpc) is 3.41. The van der Waals surface area contributed by atoms with Crippen LogP contribution in [0.15, 0.2) is 60.8 Å². The number of carbonyl (C=O) groups excluding carboxylic acids is 2. The van der Waals surface area contributed by atoms with Gasteiger partial charge in [-0.3, -0.25) is 9.59 Å². The van der Waals surface area contributed by atoms with Gasteiger partial charge in [0.2, 0.25) is 5.91 Å². The molecule has 1 saturated heterocycles. The number of unbranched alkanes of at least 4 members (excludes halogenated alkanes) is 31. The van der Waals surface area contributed by atoms with Crippen LogP contribution in [0.2, 0.25) is 0 Å². The predicted molar refractivity (Wildman–Crippen MR) is 310 cm³/mol. The zero-order chi connectivity index (χ0) is 54.5. The number of amides is 1. The summed E-state index contributed by atoms with van der Waals surface area (Å²) < 4.78 is 16.7. The molecule has 1 aliphatic rings. The molecule has 0 aliphatic carbocycles. The Hall–Kier alpha value is -2.64. The van der Waals surface area contributed by atoms with Crippen molar-refractivity contribution in [3.8, 4) is 0 Å². The standard InChI is InChI=1S/C64H115NO10/c1-3-5-7-9-11-13-30-34-38-42-46-50-57(67)56(55-74-64-63(72)62(71)61(70)58(54-66)75-64)65-59(68)51-47-43-39-35-32-28-26-24-22-20-18-16-15-17-19-21-23-25-27-29-33-37-41-45-49-53-73-60(69)52-48-44-40-36-31-14-12-10-8-6-4-2/h10,12,16-19,30,34,46,50,56-58,61-64,66-67,70-72H,3-9,11,13-15,20-29,31-33,35-45,47-49,51-55H2,1-2H3,(H,65,68)/b12-10-,18-16-,19-17-,34-30+,50-46+. The molecule has 7 atom stereocenters. The van der Waals surface area contributed by atoms with Gasteiger partial charge in [-0.2, -0.15) is 0 Å². The van der Waals surface area contributed by atoms with Gasteiger partial charge in [0.15, 0.2) is 6.29 Å². The van der Waals surface area contributed by atoms with Crippen LogP contribution in [0.1, 0.15) is 271 Å². The minimum absolute atomic E-state index is 0.0138. The highest BCUT2D eigenvalue weighted by atomic mass is 16.7. The zero-order valence-corrected chi connectivity index (χ0v) is 48.0. The van der Waals surface area contributed by atoms with Crippen LogP contribution in [-0.2, 0) is 23.8 Å². The molecule has 0 spiro atoms. The molecule has 1 heterocycles. The molecule has 0 aromatic carbocycles. The van der Waals surface area contributed by atoms with Crippen molar-refractivity contribution in [3.05, 3.63) is 60.8 Å². The molecule has 11 nitrogen and oxygen atoms in total. The highest BCUT2D eigenvalue weighted by Crippen LogP contribution is 2.23. The van der Waals surface area contributed by atoms with Crippen LogP contribution < -0.4 is 5.32 Å². The lowest BCUT2D eigenvalue weighted by Crippen LogP contribution is -2.60. The Labute approximate surface area is 458 Å². The van der Waals surface area contributed by atoms with Gasteiger partial charge >= 0.3 is 5.97 Å². The van der Waals surface area contributed by atoms with E-state index in [1.54, 1.807) is 6.08 Å². The second-order valence-corrected chi connectivity index (χ2v) is 21.4. The average molecular weight is 1060 g/mol. The largest absolute Gasteiger partial charge is 0.466 e. The third-order valence-corrected chi connectivity index (χ3v) is 14.3. The molecule has 11 heteroatoms. The molecule has 0 aromatic heterocycles. The number of rotatable bonds is 53. The minimum atomic E-state index is -1.58. The molecule has 0 bridgehead atoms. The first-order valence-electron chi connectivity index (χ1n) is 31.1. The fraction of sp³-hybridized carbons (Fsp3) is 0.812. The number of hydrogen-bond acceptors (Lipinski definition) is 10. The van der Waals surface area contributed by atoms with Crippen LogP contribution in [0.4, 0.5) is 0 Å². The summed E-state index contributed by atoms with van der Waals surface area (Å²) in [7, 11) is 0. The van der Waals surface area contributed by atoms with Gasteiger partial charge in [-0.15, -0.1) is 0 Å². The fourth-order valence-electron chi connectivity index (χ4n) is 9.34. The van der Waals surface area contributed by atoms with Gasteiger partial charge in [0, 0.05) is 12.8 Å². The quantitative estimate of drug-likeness (QED) is 0.0195. The van der Waals surface area contributed by atoms with Gasteiger partial charge in [0.05, 0.1) is 32.0 Å². The normalized spacial score (nSPS) is 19.2. The van der Waals surface area contributed by atoms with Gasteiger partial charge in [0.1, 0.15) is 24.4 Å². The van der Waals surface area contributed by atoms with Gasteiger partial charge in [-0.1, -0.05) is 222 Å². The van der Waals surface area contributed by atoms with Gasteiger partial charge in [0.25, 0.3) is 0 Å². The number of carbonyl (C=O) groups is 2. The maximum Gasteiger partial charge on any atom is 0.305 e. The van der Waals surface area contributed by atoms with E-state index in [9.17, 15) is 35.1 Å². The molecular formula is C64H115NO10. The lowest BCUT2D eigenvalue weighted by Gasteiger charge is -2.40. The maximum absolute atomic E-state index is 13.0. The summed E-state index contributed by atoms with van der Waals surface area (Å²) in [4.78, 5) is 25.0. The highest BCUT2D eigenvalue weighted by Gasteiger charge is 2.44. The van der Waals surface area contributed by atoms with Crippen LogP contribution in [-0.4, -0.2) is 100 Å². The van der Waals surface area contributed by atoms with E-state index >= 15 is 0 Å². The van der Waals surface area contributed by atoms with Crippen LogP contribution in [0, 0.1) is 0 Å². The number of allylic oxidation sites excluding steroid dienone is 9. The van der Waals surface area contributed by atoms with E-state index < -0.39 is 49.5 Å². The second-order valence-electron chi connectivity index (χ2n) is 21.4. The third-order valence-electron chi connectivity index (χ3n) is 14.3. The fourth-order valence-corrected chi connectivity index (χ4v) is 9.34. The van der Waals surface area contributed by atoms with Crippen LogP contribution in [0.5, 0.6) is 0 Å². The zero-order valence-electron chi connectivity index (χ0n) is 48.0. The molecule has 1 fully saturated rings. The van der Waals surface area contributed by atoms with E-state index in [1.807, 2.05) is 6.08 Å². The lowest BCUT2D eigenvalue weighted by molar-refractivity contribution is -0.302. The smallest absolute Gasteiger partial charge is 0.305 e. The summed E-state index contributed by atoms with van der Waals surface area (Å²) >= 11 is 0. The molecule has 6 N–H and O–H groups in total. The van der Waals surface area contributed by atoms with Crippen molar-refractivity contribution < 1.29 is 49.3 Å². The van der Waals surface area contributed by atoms with E-state index in [0.717, 1.165) is 83.5 Å². The lowest BCUT2D eigenvalue weighted by atomic mass is 9.99. The van der Waals surface area contributed by atoms with E-state index in [4.69, 9.17) is 14.2 Å². The maximum atomic E-state index is 13.0. The number of nitrogens with one attached hydrogen (secondary N) is 1. The summed E-state index contributed by atoms with van der Waals surface area (Å²) in [6.45, 7) is 4.25. The molecule has 0 radical (unpaired) electrons. The van der Waals surface area contributed by atoms with Gasteiger partial charge in [-0.25, -0.2) is 0 Å². The molecule has 7 unspecified atom stereocenters. The predicted octanol–water partition coefficient (Wildman–Crippen LogP) is 14.6. The Bertz CT molecular complexity index is 1430. The number of aliphatic hydroxyl groups is 5. The first-order valence-corrected chi connectivity index (χ1v) is 31.1. The number of hydrogen-bond donors (Lipinski definition) is 6. The van der Waals surface area contributed by atoms with Gasteiger partial charge < -0.3 is 45.1 Å². The monoisotopic (exact) mass is 1060 g/mol. The van der Waals surface area contributed by atoms with Crippen molar-refractivity contribution in [1.82, 2.24) is 5.32 Å². The molecule has 1 rings (SSSR count). The molecular weight excluding hydrogens is 943 g/mol. The van der Waals surface area contributed by atoms with Crippen molar-refractivity contribution >= 4 is 11.9 Å². The Morgan fingerprint density at radius 3 is 1.44 bits per heavy atom. The van der Waals surface area contributed by atoms with Crippen LogP contribution in [0.25, 0.3) is 0 Å². The summed E-state index contributed by atoms with van der Waals surface area (Å²) in [5.74, 6) is -0.214. The van der Waals surface area contributed by atoms with Crippen molar-refractivity contribution in [3.63, 3.8) is 0 Å². The number of ether oxygens (including phenoxy) is 3. The first kappa shape index (κ1) is 70.4.